The molecule has 0 radical (unpaired) electrons. The van der Waals surface area contributed by atoms with Crippen LogP contribution in [0.5, 0.6) is 0 Å². The summed E-state index contributed by atoms with van der Waals surface area (Å²) in [5.41, 5.74) is 4.55. The zero-order chi connectivity index (χ0) is 9.56. The maximum atomic E-state index is 2.31. The van der Waals surface area contributed by atoms with Crippen LogP contribution in [-0.4, -0.2) is 0 Å². The Morgan fingerprint density at radius 1 is 1.00 bits per heavy atom. The Labute approximate surface area is 77.4 Å². The Bertz CT molecular complexity index is 178. The lowest BCUT2D eigenvalue weighted by Crippen LogP contribution is -1.82. The highest BCUT2D eigenvalue weighted by Gasteiger charge is 1.93. The van der Waals surface area contributed by atoms with Crippen molar-refractivity contribution in [1.82, 2.24) is 0 Å². The second-order valence-electron chi connectivity index (χ2n) is 3.73. The van der Waals surface area contributed by atoms with E-state index >= 15 is 0 Å². The topological polar surface area (TPSA) is 0 Å². The van der Waals surface area contributed by atoms with Crippen molar-refractivity contribution in [2.75, 3.05) is 0 Å². The molecule has 0 rings (SSSR count). The van der Waals surface area contributed by atoms with Gasteiger partial charge < -0.3 is 0 Å². The van der Waals surface area contributed by atoms with Crippen LogP contribution in [0.15, 0.2) is 22.8 Å². The molecule has 0 aromatic carbocycles. The molecule has 0 heteroatoms. The van der Waals surface area contributed by atoms with Crippen molar-refractivity contribution < 1.29 is 0 Å². The van der Waals surface area contributed by atoms with E-state index in [1.165, 1.54) is 24.8 Å². The average molecular weight is 166 g/mol. The average Bonchev–Trinajstić information content (AvgIpc) is 2.02. The SMILES string of the molecule is CC/C(C)=C(/C)CCC=C(C)C. The molecule has 0 aliphatic rings. The fraction of sp³-hybridized carbons (Fsp3) is 0.667. The van der Waals surface area contributed by atoms with Crippen LogP contribution in [0, 0.1) is 0 Å². The van der Waals surface area contributed by atoms with Crippen molar-refractivity contribution in [3.8, 4) is 0 Å². The molecule has 0 amide bonds. The molecule has 0 unspecified atom stereocenters. The second kappa shape index (κ2) is 6.05. The van der Waals surface area contributed by atoms with Gasteiger partial charge in [-0.25, -0.2) is 0 Å². The highest BCUT2D eigenvalue weighted by Crippen LogP contribution is 2.13. The molecular formula is C12H22. The van der Waals surface area contributed by atoms with Gasteiger partial charge in [0.25, 0.3) is 0 Å². The lowest BCUT2D eigenvalue weighted by molar-refractivity contribution is 0.919. The third-order valence-corrected chi connectivity index (χ3v) is 2.33. The molecule has 12 heavy (non-hydrogen) atoms. The summed E-state index contributed by atoms with van der Waals surface area (Å²) in [5, 5.41) is 0. The van der Waals surface area contributed by atoms with Gasteiger partial charge in [0.2, 0.25) is 0 Å². The van der Waals surface area contributed by atoms with Crippen molar-refractivity contribution in [3.63, 3.8) is 0 Å². The quantitative estimate of drug-likeness (QED) is 0.540. The summed E-state index contributed by atoms with van der Waals surface area (Å²) in [4.78, 5) is 0. The number of hydrogen-bond acceptors (Lipinski definition) is 0. The molecule has 0 saturated heterocycles. The summed E-state index contributed by atoms with van der Waals surface area (Å²) < 4.78 is 0. The van der Waals surface area contributed by atoms with Crippen molar-refractivity contribution >= 4 is 0 Å². The van der Waals surface area contributed by atoms with E-state index in [4.69, 9.17) is 0 Å². The third kappa shape index (κ3) is 5.17. The zero-order valence-corrected chi connectivity index (χ0v) is 9.20. The van der Waals surface area contributed by atoms with Crippen LogP contribution in [0.1, 0.15) is 53.9 Å². The standard InChI is InChI=1S/C12H22/c1-6-11(4)12(5)9-7-8-10(2)3/h8H,6-7,9H2,1-5H3/b12-11-. The zero-order valence-electron chi connectivity index (χ0n) is 9.20. The van der Waals surface area contributed by atoms with Gasteiger partial charge in [0.15, 0.2) is 0 Å². The summed E-state index contributed by atoms with van der Waals surface area (Å²) in [6.45, 7) is 11.0. The van der Waals surface area contributed by atoms with E-state index in [-0.39, 0.29) is 0 Å². The van der Waals surface area contributed by atoms with Gasteiger partial charge in [-0.2, -0.15) is 0 Å². The van der Waals surface area contributed by atoms with Crippen molar-refractivity contribution in [2.24, 2.45) is 0 Å². The first kappa shape index (κ1) is 11.5. The Balaban J connectivity index is 3.86. The molecule has 0 atom stereocenters. The fourth-order valence-electron chi connectivity index (χ4n) is 1.09. The lowest BCUT2D eigenvalue weighted by atomic mass is 10.0. The maximum Gasteiger partial charge on any atom is -0.0286 e. The molecule has 0 heterocycles. The summed E-state index contributed by atoms with van der Waals surface area (Å²) in [7, 11) is 0. The highest BCUT2D eigenvalue weighted by molar-refractivity contribution is 5.10. The van der Waals surface area contributed by atoms with E-state index in [0.29, 0.717) is 0 Å². The van der Waals surface area contributed by atoms with Gasteiger partial charge in [-0.1, -0.05) is 29.7 Å². The van der Waals surface area contributed by atoms with Crippen LogP contribution in [-0.2, 0) is 0 Å². The van der Waals surface area contributed by atoms with Crippen molar-refractivity contribution in [1.29, 1.82) is 0 Å². The van der Waals surface area contributed by atoms with Crippen molar-refractivity contribution in [2.45, 2.75) is 53.9 Å². The summed E-state index contributed by atoms with van der Waals surface area (Å²) in [6.07, 6.45) is 5.93. The minimum atomic E-state index is 1.20. The molecule has 70 valence electrons. The largest absolute Gasteiger partial charge is 0.0856 e. The van der Waals surface area contributed by atoms with Gasteiger partial charge in [0, 0.05) is 0 Å². The Morgan fingerprint density at radius 2 is 1.58 bits per heavy atom. The summed E-state index contributed by atoms with van der Waals surface area (Å²) in [5.74, 6) is 0. The van der Waals surface area contributed by atoms with E-state index < -0.39 is 0 Å². The Hall–Kier alpha value is -0.520. The van der Waals surface area contributed by atoms with Crippen molar-refractivity contribution in [3.05, 3.63) is 22.8 Å². The molecule has 0 N–H and O–H groups in total. The fourth-order valence-corrected chi connectivity index (χ4v) is 1.09. The molecule has 0 bridgehead atoms. The van der Waals surface area contributed by atoms with Crippen LogP contribution in [0.3, 0.4) is 0 Å². The number of rotatable bonds is 4. The van der Waals surface area contributed by atoms with Gasteiger partial charge >= 0.3 is 0 Å². The normalized spacial score (nSPS) is 12.4. The second-order valence-corrected chi connectivity index (χ2v) is 3.73. The molecule has 0 aromatic heterocycles. The number of hydrogen-bond donors (Lipinski definition) is 0. The predicted octanol–water partition coefficient (Wildman–Crippen LogP) is 4.48. The van der Waals surface area contributed by atoms with E-state index in [0.717, 1.165) is 0 Å². The first-order valence-electron chi connectivity index (χ1n) is 4.86. The van der Waals surface area contributed by atoms with E-state index in [1.54, 1.807) is 11.1 Å². The van der Waals surface area contributed by atoms with Gasteiger partial charge in [-0.3, -0.25) is 0 Å². The maximum absolute atomic E-state index is 2.31. The summed E-state index contributed by atoms with van der Waals surface area (Å²) >= 11 is 0. The minimum Gasteiger partial charge on any atom is -0.0856 e. The predicted molar refractivity (Wildman–Crippen MR) is 57.3 cm³/mol. The number of allylic oxidation sites excluding steroid dienone is 4. The van der Waals surface area contributed by atoms with Gasteiger partial charge in [0.1, 0.15) is 0 Å². The Morgan fingerprint density at radius 3 is 2.00 bits per heavy atom. The molecule has 0 nitrogen and oxygen atoms in total. The van der Waals surface area contributed by atoms with Crippen LogP contribution in [0.4, 0.5) is 0 Å². The first-order chi connectivity index (χ1) is 5.57. The van der Waals surface area contributed by atoms with E-state index in [2.05, 4.69) is 40.7 Å². The highest BCUT2D eigenvalue weighted by atomic mass is 14.0. The third-order valence-electron chi connectivity index (χ3n) is 2.33. The van der Waals surface area contributed by atoms with Gasteiger partial charge in [-0.05, 0) is 47.0 Å². The van der Waals surface area contributed by atoms with Gasteiger partial charge in [0.05, 0.1) is 0 Å². The van der Waals surface area contributed by atoms with E-state index in [1.807, 2.05) is 0 Å². The molecular weight excluding hydrogens is 144 g/mol. The molecule has 0 fully saturated rings. The van der Waals surface area contributed by atoms with E-state index in [9.17, 15) is 0 Å². The molecule has 0 aliphatic carbocycles. The van der Waals surface area contributed by atoms with Crippen LogP contribution in [0.25, 0.3) is 0 Å². The molecule has 0 spiro atoms. The van der Waals surface area contributed by atoms with Crippen LogP contribution in [0.2, 0.25) is 0 Å². The molecule has 0 aromatic rings. The van der Waals surface area contributed by atoms with Crippen LogP contribution < -0.4 is 0 Å². The monoisotopic (exact) mass is 166 g/mol. The minimum absolute atomic E-state index is 1.20. The lowest BCUT2D eigenvalue weighted by Gasteiger charge is -2.03. The van der Waals surface area contributed by atoms with Crippen LogP contribution >= 0.6 is 0 Å². The molecule has 0 aliphatic heterocycles. The van der Waals surface area contributed by atoms with Gasteiger partial charge in [-0.15, -0.1) is 0 Å². The Kier molecular flexibility index (Phi) is 5.79. The first-order valence-corrected chi connectivity index (χ1v) is 4.86. The smallest absolute Gasteiger partial charge is 0.0286 e. The summed E-state index contributed by atoms with van der Waals surface area (Å²) in [6, 6.07) is 0. The molecule has 0 saturated carbocycles.